The second-order valence-electron chi connectivity index (χ2n) is 6.30. The number of nitriles is 1. The van der Waals surface area contributed by atoms with Crippen molar-refractivity contribution >= 4 is 49.4 Å². The van der Waals surface area contributed by atoms with Crippen molar-refractivity contribution in [1.29, 1.82) is 5.26 Å². The first kappa shape index (κ1) is 21.0. The molecule has 3 aromatic rings. The number of aromatic nitrogens is 1. The van der Waals surface area contributed by atoms with Crippen LogP contribution in [0.4, 0.5) is 10.8 Å². The van der Waals surface area contributed by atoms with E-state index in [4.69, 9.17) is 5.26 Å². The van der Waals surface area contributed by atoms with Crippen molar-refractivity contribution in [2.24, 2.45) is 0 Å². The summed E-state index contributed by atoms with van der Waals surface area (Å²) in [6.07, 6.45) is 1.70. The number of anilines is 2. The number of carbonyl (C=O) groups excluding carboxylic acids is 1. The molecule has 1 amide bonds. The summed E-state index contributed by atoms with van der Waals surface area (Å²) in [6, 6.07) is 11.3. The fourth-order valence-electron chi connectivity index (χ4n) is 2.65. The van der Waals surface area contributed by atoms with Crippen molar-refractivity contribution < 1.29 is 13.2 Å². The van der Waals surface area contributed by atoms with Crippen molar-refractivity contribution in [2.75, 3.05) is 17.7 Å². The molecular formula is C19H18N4O3S3. The molecule has 1 aromatic carbocycles. The van der Waals surface area contributed by atoms with Crippen molar-refractivity contribution in [3.05, 3.63) is 62.8 Å². The smallest absolute Gasteiger partial charge is 0.284 e. The Morgan fingerprint density at radius 3 is 2.59 bits per heavy atom. The van der Waals surface area contributed by atoms with Gasteiger partial charge in [-0.2, -0.15) is 16.6 Å². The normalized spacial score (nSPS) is 11.1. The number of nitrogens with zero attached hydrogens (tertiary/aromatic N) is 3. The predicted octanol–water partition coefficient (Wildman–Crippen LogP) is 3.45. The van der Waals surface area contributed by atoms with E-state index in [1.807, 2.05) is 27.1 Å². The number of thiazole rings is 1. The second kappa shape index (κ2) is 8.73. The van der Waals surface area contributed by atoms with E-state index < -0.39 is 15.9 Å². The number of carbonyl (C=O) groups is 1. The van der Waals surface area contributed by atoms with Crippen LogP contribution in [0, 0.1) is 18.3 Å². The molecule has 2 heterocycles. The monoisotopic (exact) mass is 446 g/mol. The Bertz CT molecular complexity index is 1140. The van der Waals surface area contributed by atoms with Crippen LogP contribution in [0.15, 0.2) is 41.1 Å². The Morgan fingerprint density at radius 1 is 1.28 bits per heavy atom. The van der Waals surface area contributed by atoms with Crippen LogP contribution in [0.3, 0.4) is 0 Å². The zero-order chi connectivity index (χ0) is 21.0. The molecule has 0 radical (unpaired) electrons. The van der Waals surface area contributed by atoms with Gasteiger partial charge in [0, 0.05) is 17.1 Å². The molecule has 0 saturated heterocycles. The Labute approximate surface area is 177 Å². The van der Waals surface area contributed by atoms with Gasteiger partial charge in [0.1, 0.15) is 5.69 Å². The number of hydrogen-bond acceptors (Lipinski definition) is 8. The van der Waals surface area contributed by atoms with Gasteiger partial charge >= 0.3 is 0 Å². The first-order valence-corrected chi connectivity index (χ1v) is 12.2. The lowest BCUT2D eigenvalue weighted by Crippen LogP contribution is -2.30. The maximum Gasteiger partial charge on any atom is 0.284 e. The molecule has 0 fully saturated rings. The lowest BCUT2D eigenvalue weighted by molar-refractivity contribution is 0.0977. The van der Waals surface area contributed by atoms with Crippen LogP contribution in [0.2, 0.25) is 0 Å². The number of benzene rings is 1. The van der Waals surface area contributed by atoms with Crippen molar-refractivity contribution in [2.45, 2.75) is 13.3 Å². The van der Waals surface area contributed by atoms with Crippen LogP contribution in [-0.4, -0.2) is 32.1 Å². The van der Waals surface area contributed by atoms with Gasteiger partial charge in [-0.3, -0.25) is 4.79 Å². The fourth-order valence-corrected chi connectivity index (χ4v) is 4.74. The number of sulfonamides is 1. The molecule has 0 aliphatic heterocycles. The highest BCUT2D eigenvalue weighted by atomic mass is 32.2. The van der Waals surface area contributed by atoms with Crippen LogP contribution < -0.4 is 9.62 Å². The van der Waals surface area contributed by atoms with Gasteiger partial charge in [-0.05, 0) is 60.0 Å². The molecule has 0 saturated carbocycles. The summed E-state index contributed by atoms with van der Waals surface area (Å²) in [4.78, 5) is 19.3. The number of thiophene rings is 1. The van der Waals surface area contributed by atoms with Crippen LogP contribution >= 0.6 is 22.7 Å². The molecule has 2 aromatic heterocycles. The molecule has 0 spiro atoms. The minimum Gasteiger partial charge on any atom is -0.317 e. The van der Waals surface area contributed by atoms with E-state index in [0.29, 0.717) is 22.1 Å². The summed E-state index contributed by atoms with van der Waals surface area (Å²) in [7, 11) is -3.68. The van der Waals surface area contributed by atoms with Crippen LogP contribution in [0.1, 0.15) is 26.5 Å². The van der Waals surface area contributed by atoms with Crippen LogP contribution in [0.5, 0.6) is 0 Å². The maximum atomic E-state index is 12.3. The second-order valence-corrected chi connectivity index (χ2v) is 10.0. The Balaban J connectivity index is 1.93. The van der Waals surface area contributed by atoms with Crippen LogP contribution in [-0.2, 0) is 16.4 Å². The van der Waals surface area contributed by atoms with Crippen molar-refractivity contribution in [1.82, 2.24) is 9.71 Å². The molecule has 0 atom stereocenters. The van der Waals surface area contributed by atoms with E-state index >= 15 is 0 Å². The highest BCUT2D eigenvalue weighted by Gasteiger charge is 2.22. The minimum atomic E-state index is -3.68. The molecule has 10 heteroatoms. The van der Waals surface area contributed by atoms with E-state index in [9.17, 15) is 13.2 Å². The Kier molecular flexibility index (Phi) is 6.32. The molecule has 3 rings (SSSR count). The highest BCUT2D eigenvalue weighted by molar-refractivity contribution is 7.89. The fraction of sp³-hybridized carbons (Fsp3) is 0.211. The average Bonchev–Trinajstić information content (AvgIpc) is 3.31. The van der Waals surface area contributed by atoms with Gasteiger partial charge < -0.3 is 4.90 Å². The Hall–Kier alpha value is -2.74. The summed E-state index contributed by atoms with van der Waals surface area (Å²) in [5.74, 6) is -0.745. The molecule has 0 aliphatic rings. The topological polar surface area (TPSA) is 103 Å². The molecule has 0 unspecified atom stereocenters. The summed E-state index contributed by atoms with van der Waals surface area (Å²) in [5, 5.41) is 13.7. The van der Waals surface area contributed by atoms with Gasteiger partial charge in [-0.25, -0.2) is 18.1 Å². The van der Waals surface area contributed by atoms with E-state index in [-0.39, 0.29) is 5.69 Å². The van der Waals surface area contributed by atoms with Crippen LogP contribution in [0.25, 0.3) is 0 Å². The first-order valence-electron chi connectivity index (χ1n) is 8.55. The van der Waals surface area contributed by atoms with Crippen molar-refractivity contribution in [3.63, 3.8) is 0 Å². The highest BCUT2D eigenvalue weighted by Crippen LogP contribution is 2.32. The molecule has 150 valence electrons. The molecule has 7 nitrogen and oxygen atoms in total. The lowest BCUT2D eigenvalue weighted by Gasteiger charge is -2.22. The van der Waals surface area contributed by atoms with Gasteiger partial charge in [0.15, 0.2) is 5.13 Å². The zero-order valence-electron chi connectivity index (χ0n) is 15.7. The van der Waals surface area contributed by atoms with E-state index in [1.165, 1.54) is 16.9 Å². The molecular weight excluding hydrogens is 428 g/mol. The summed E-state index contributed by atoms with van der Waals surface area (Å²) >= 11 is 2.94. The number of rotatable bonds is 7. The van der Waals surface area contributed by atoms with E-state index in [2.05, 4.69) is 22.5 Å². The number of nitrogens with one attached hydrogen (secondary N) is 1. The predicted molar refractivity (Wildman–Crippen MR) is 115 cm³/mol. The minimum absolute atomic E-state index is 0.0876. The lowest BCUT2D eigenvalue weighted by atomic mass is 10.2. The number of aryl methyl sites for hydroxylation is 1. The molecule has 0 aliphatic carbocycles. The van der Waals surface area contributed by atoms with Gasteiger partial charge in [-0.15, -0.1) is 11.3 Å². The third-order valence-electron chi connectivity index (χ3n) is 4.02. The largest absolute Gasteiger partial charge is 0.317 e. The molecule has 1 N–H and O–H groups in total. The summed E-state index contributed by atoms with van der Waals surface area (Å²) in [5.41, 5.74) is 2.67. The summed E-state index contributed by atoms with van der Waals surface area (Å²) in [6.45, 7) is 2.34. The molecule has 0 bridgehead atoms. The van der Waals surface area contributed by atoms with Crippen molar-refractivity contribution in [3.8, 4) is 6.07 Å². The van der Waals surface area contributed by atoms with E-state index in [1.54, 1.807) is 30.4 Å². The first-order chi connectivity index (χ1) is 13.8. The summed E-state index contributed by atoms with van der Waals surface area (Å²) < 4.78 is 24.7. The third kappa shape index (κ3) is 5.41. The SMILES string of the molecule is Cc1sc(N(CCc2ccsc2)c2ccc(C#N)cc2)nc1C(=O)NS(C)(=O)=O. The van der Waals surface area contributed by atoms with Gasteiger partial charge in [0.05, 0.1) is 17.9 Å². The van der Waals surface area contributed by atoms with E-state index in [0.717, 1.165) is 18.4 Å². The molecule has 29 heavy (non-hydrogen) atoms. The maximum absolute atomic E-state index is 12.3. The average molecular weight is 447 g/mol. The van der Waals surface area contributed by atoms with Gasteiger partial charge in [0.2, 0.25) is 10.0 Å². The third-order valence-corrected chi connectivity index (χ3v) is 6.30. The number of amides is 1. The standard InChI is InChI=1S/C19H18N4O3S3/c1-13-17(18(24)22-29(2,25)26)21-19(28-13)23(9-7-15-8-10-27-12-15)16-5-3-14(11-20)4-6-16/h3-6,8,10,12H,7,9H2,1-2H3,(H,22,24). The number of hydrogen-bond donors (Lipinski definition) is 1. The quantitative estimate of drug-likeness (QED) is 0.596. The Morgan fingerprint density at radius 2 is 2.00 bits per heavy atom. The van der Waals surface area contributed by atoms with Gasteiger partial charge in [-0.1, -0.05) is 0 Å². The zero-order valence-corrected chi connectivity index (χ0v) is 18.2. The van der Waals surface area contributed by atoms with Gasteiger partial charge in [0.25, 0.3) is 5.91 Å².